The fourth-order valence-electron chi connectivity index (χ4n) is 4.49. The predicted molar refractivity (Wildman–Crippen MR) is 115 cm³/mol. The second-order valence-corrected chi connectivity index (χ2v) is 8.36. The second kappa shape index (κ2) is 10.2. The van der Waals surface area contributed by atoms with Gasteiger partial charge in [-0.25, -0.2) is 4.68 Å². The molecule has 2 saturated heterocycles. The molecular formula is C22H32N6O3. The van der Waals surface area contributed by atoms with Gasteiger partial charge in [0.05, 0.1) is 13.2 Å². The molecule has 0 spiro atoms. The van der Waals surface area contributed by atoms with Gasteiger partial charge in [-0.05, 0) is 60.9 Å². The van der Waals surface area contributed by atoms with Crippen LogP contribution in [0.15, 0.2) is 24.3 Å². The van der Waals surface area contributed by atoms with Crippen molar-refractivity contribution in [3.8, 4) is 5.75 Å². The highest BCUT2D eigenvalue weighted by molar-refractivity contribution is 5.80. The van der Waals surface area contributed by atoms with Gasteiger partial charge in [0.2, 0.25) is 5.91 Å². The van der Waals surface area contributed by atoms with E-state index in [-0.39, 0.29) is 5.91 Å². The van der Waals surface area contributed by atoms with Crippen molar-refractivity contribution in [1.29, 1.82) is 0 Å². The molecule has 0 saturated carbocycles. The highest BCUT2D eigenvalue weighted by Crippen LogP contribution is 2.22. The molecule has 1 aromatic carbocycles. The molecule has 31 heavy (non-hydrogen) atoms. The Morgan fingerprint density at radius 3 is 2.90 bits per heavy atom. The number of carbonyl (C=O) groups excluding carboxylic acids is 1. The topological polar surface area (TPSA) is 85.6 Å². The van der Waals surface area contributed by atoms with Crippen LogP contribution in [0.3, 0.4) is 0 Å². The third-order valence-corrected chi connectivity index (χ3v) is 6.19. The quantitative estimate of drug-likeness (QED) is 0.660. The average Bonchev–Trinajstić information content (AvgIpc) is 3.39. The molecular weight excluding hydrogens is 396 g/mol. The van der Waals surface area contributed by atoms with E-state index in [4.69, 9.17) is 9.47 Å². The van der Waals surface area contributed by atoms with E-state index in [2.05, 4.69) is 20.4 Å². The molecule has 0 radical (unpaired) electrons. The standard InChI is InChI=1S/C22H32N6O3/c1-17-23-24-25-28(17)21(15-18-6-3-7-19(14-18)30-2)22(29)27-10-5-9-26(11-12-27)16-20-8-4-13-31-20/h3,6-7,14,20-21H,4-5,8-13,15-16H2,1-2H3. The van der Waals surface area contributed by atoms with Crippen LogP contribution in [-0.4, -0.2) is 88.5 Å². The summed E-state index contributed by atoms with van der Waals surface area (Å²) in [5.74, 6) is 1.48. The van der Waals surface area contributed by atoms with Crippen LogP contribution >= 0.6 is 0 Å². The lowest BCUT2D eigenvalue weighted by Gasteiger charge is -2.27. The molecule has 2 fully saturated rings. The van der Waals surface area contributed by atoms with Crippen LogP contribution < -0.4 is 4.74 Å². The van der Waals surface area contributed by atoms with E-state index in [1.54, 1.807) is 11.8 Å². The number of carbonyl (C=O) groups is 1. The van der Waals surface area contributed by atoms with Gasteiger partial charge < -0.3 is 14.4 Å². The van der Waals surface area contributed by atoms with Crippen molar-refractivity contribution < 1.29 is 14.3 Å². The van der Waals surface area contributed by atoms with E-state index < -0.39 is 6.04 Å². The van der Waals surface area contributed by atoms with E-state index in [1.165, 1.54) is 0 Å². The van der Waals surface area contributed by atoms with E-state index >= 15 is 0 Å². The number of amides is 1. The van der Waals surface area contributed by atoms with Gasteiger partial charge in [-0.3, -0.25) is 9.69 Å². The SMILES string of the molecule is COc1cccc(CC(C(=O)N2CCCN(CC3CCCO3)CC2)n2nnnc2C)c1. The molecule has 1 amide bonds. The summed E-state index contributed by atoms with van der Waals surface area (Å²) in [5, 5.41) is 11.9. The normalized spacial score (nSPS) is 21.1. The number of hydrogen-bond acceptors (Lipinski definition) is 7. The first-order valence-electron chi connectivity index (χ1n) is 11.1. The Morgan fingerprint density at radius 2 is 2.16 bits per heavy atom. The molecule has 9 heteroatoms. The van der Waals surface area contributed by atoms with Crippen LogP contribution in [-0.2, 0) is 16.0 Å². The van der Waals surface area contributed by atoms with Gasteiger partial charge in [0.1, 0.15) is 17.6 Å². The Labute approximate surface area is 183 Å². The lowest BCUT2D eigenvalue weighted by Crippen LogP contribution is -2.41. The summed E-state index contributed by atoms with van der Waals surface area (Å²) >= 11 is 0. The van der Waals surface area contributed by atoms with E-state index in [1.807, 2.05) is 36.1 Å². The number of benzene rings is 1. The van der Waals surface area contributed by atoms with Crippen molar-refractivity contribution in [2.24, 2.45) is 0 Å². The number of nitrogens with zero attached hydrogens (tertiary/aromatic N) is 6. The Bertz CT molecular complexity index is 866. The minimum atomic E-state index is -0.480. The highest BCUT2D eigenvalue weighted by Gasteiger charge is 2.30. The number of aromatic nitrogens is 4. The van der Waals surface area contributed by atoms with Crippen LogP contribution in [0.4, 0.5) is 0 Å². The van der Waals surface area contributed by atoms with Crippen molar-refractivity contribution in [2.75, 3.05) is 46.4 Å². The molecule has 2 aromatic rings. The Morgan fingerprint density at radius 1 is 1.26 bits per heavy atom. The predicted octanol–water partition coefficient (Wildman–Crippen LogP) is 1.49. The van der Waals surface area contributed by atoms with Crippen molar-refractivity contribution in [2.45, 2.75) is 44.8 Å². The molecule has 0 aliphatic carbocycles. The van der Waals surface area contributed by atoms with Gasteiger partial charge in [0, 0.05) is 39.2 Å². The summed E-state index contributed by atoms with van der Waals surface area (Å²) in [6, 6.07) is 7.34. The van der Waals surface area contributed by atoms with Crippen LogP contribution in [0.5, 0.6) is 5.75 Å². The van der Waals surface area contributed by atoms with Crippen LogP contribution in [0.1, 0.15) is 36.7 Å². The van der Waals surface area contributed by atoms with Gasteiger partial charge in [0.15, 0.2) is 0 Å². The van der Waals surface area contributed by atoms with E-state index in [0.717, 1.165) is 63.4 Å². The van der Waals surface area contributed by atoms with Gasteiger partial charge in [-0.1, -0.05) is 12.1 Å². The first kappa shape index (κ1) is 21.7. The number of hydrogen-bond donors (Lipinski definition) is 0. The maximum atomic E-state index is 13.6. The molecule has 2 unspecified atom stereocenters. The minimum absolute atomic E-state index is 0.0668. The zero-order valence-corrected chi connectivity index (χ0v) is 18.4. The van der Waals surface area contributed by atoms with Crippen molar-refractivity contribution in [3.05, 3.63) is 35.7 Å². The second-order valence-electron chi connectivity index (χ2n) is 8.36. The number of ether oxygens (including phenoxy) is 2. The van der Waals surface area contributed by atoms with E-state index in [9.17, 15) is 4.79 Å². The zero-order valence-electron chi connectivity index (χ0n) is 18.4. The van der Waals surface area contributed by atoms with Crippen molar-refractivity contribution in [1.82, 2.24) is 30.0 Å². The minimum Gasteiger partial charge on any atom is -0.497 e. The van der Waals surface area contributed by atoms with E-state index in [0.29, 0.717) is 24.9 Å². The lowest BCUT2D eigenvalue weighted by atomic mass is 10.0. The Kier molecular flexibility index (Phi) is 7.14. The van der Waals surface area contributed by atoms with Crippen molar-refractivity contribution in [3.63, 3.8) is 0 Å². The van der Waals surface area contributed by atoms with Gasteiger partial charge in [-0.2, -0.15) is 0 Å². The summed E-state index contributed by atoms with van der Waals surface area (Å²) in [6.07, 6.45) is 4.10. The fourth-order valence-corrected chi connectivity index (χ4v) is 4.49. The lowest BCUT2D eigenvalue weighted by molar-refractivity contribution is -0.135. The van der Waals surface area contributed by atoms with Crippen LogP contribution in [0.25, 0.3) is 0 Å². The van der Waals surface area contributed by atoms with Gasteiger partial charge >= 0.3 is 0 Å². The Balaban J connectivity index is 1.47. The maximum Gasteiger partial charge on any atom is 0.247 e. The monoisotopic (exact) mass is 428 g/mol. The third-order valence-electron chi connectivity index (χ3n) is 6.19. The first-order chi connectivity index (χ1) is 15.1. The summed E-state index contributed by atoms with van der Waals surface area (Å²) in [6.45, 7) is 6.98. The summed E-state index contributed by atoms with van der Waals surface area (Å²) in [7, 11) is 1.65. The van der Waals surface area contributed by atoms with Gasteiger partial charge in [-0.15, -0.1) is 5.10 Å². The third kappa shape index (κ3) is 5.40. The van der Waals surface area contributed by atoms with Crippen LogP contribution in [0, 0.1) is 6.92 Å². The molecule has 168 valence electrons. The molecule has 4 rings (SSSR count). The zero-order chi connectivity index (χ0) is 21.6. The number of tetrazole rings is 1. The molecule has 2 aliphatic rings. The number of methoxy groups -OCH3 is 1. The fraction of sp³-hybridized carbons (Fsp3) is 0.636. The molecule has 1 aromatic heterocycles. The summed E-state index contributed by atoms with van der Waals surface area (Å²) in [4.78, 5) is 18.1. The average molecular weight is 429 g/mol. The smallest absolute Gasteiger partial charge is 0.247 e. The van der Waals surface area contributed by atoms with Gasteiger partial charge in [0.25, 0.3) is 0 Å². The molecule has 0 bridgehead atoms. The van der Waals surface area contributed by atoms with Crippen molar-refractivity contribution >= 4 is 5.91 Å². The molecule has 2 aliphatic heterocycles. The molecule has 9 nitrogen and oxygen atoms in total. The summed E-state index contributed by atoms with van der Waals surface area (Å²) in [5.41, 5.74) is 1.02. The highest BCUT2D eigenvalue weighted by atomic mass is 16.5. The number of aryl methyl sites for hydroxylation is 1. The number of rotatable bonds is 7. The maximum absolute atomic E-state index is 13.6. The molecule has 2 atom stereocenters. The first-order valence-corrected chi connectivity index (χ1v) is 11.1. The largest absolute Gasteiger partial charge is 0.497 e. The molecule has 0 N–H and O–H groups in total. The molecule has 3 heterocycles. The Hall–Kier alpha value is -2.52. The summed E-state index contributed by atoms with van der Waals surface area (Å²) < 4.78 is 12.8. The van der Waals surface area contributed by atoms with Crippen LogP contribution in [0.2, 0.25) is 0 Å².